The van der Waals surface area contributed by atoms with Gasteiger partial charge in [0, 0.05) is 19.0 Å². The zero-order valence-electron chi connectivity index (χ0n) is 20.4. The van der Waals surface area contributed by atoms with Crippen LogP contribution in [0.4, 0.5) is 0 Å². The van der Waals surface area contributed by atoms with Crippen molar-refractivity contribution in [2.75, 3.05) is 27.3 Å². The summed E-state index contributed by atoms with van der Waals surface area (Å²) in [5.74, 6) is 2.11. The monoisotopic (exact) mass is 457 g/mol. The number of hydrogen-bond donors (Lipinski definition) is 0. The van der Waals surface area contributed by atoms with E-state index in [9.17, 15) is 4.79 Å². The van der Waals surface area contributed by atoms with Gasteiger partial charge in [0.25, 0.3) is 0 Å². The van der Waals surface area contributed by atoms with Crippen LogP contribution >= 0.6 is 0 Å². The first kappa shape index (κ1) is 23.9. The second-order valence-corrected chi connectivity index (χ2v) is 9.24. The van der Waals surface area contributed by atoms with Crippen LogP contribution < -0.4 is 9.47 Å². The predicted molar refractivity (Wildman–Crippen MR) is 137 cm³/mol. The fourth-order valence-electron chi connectivity index (χ4n) is 5.16. The lowest BCUT2D eigenvalue weighted by molar-refractivity contribution is -0.134. The molecule has 0 bridgehead atoms. The topological polar surface area (TPSA) is 38.8 Å². The summed E-state index contributed by atoms with van der Waals surface area (Å²) in [5, 5.41) is 0. The summed E-state index contributed by atoms with van der Waals surface area (Å²) in [6, 6.07) is 27.3. The van der Waals surface area contributed by atoms with Crippen LogP contribution in [0.25, 0.3) is 0 Å². The molecule has 1 amide bonds. The number of ether oxygens (including phenoxy) is 2. The number of carbonyl (C=O) groups is 1. The zero-order chi connectivity index (χ0) is 23.9. The van der Waals surface area contributed by atoms with Crippen molar-refractivity contribution in [2.24, 2.45) is 5.92 Å². The van der Waals surface area contributed by atoms with E-state index < -0.39 is 0 Å². The highest BCUT2D eigenvalue weighted by Gasteiger charge is 2.30. The van der Waals surface area contributed by atoms with Gasteiger partial charge in [0.15, 0.2) is 11.5 Å². The zero-order valence-corrected chi connectivity index (χ0v) is 20.4. The van der Waals surface area contributed by atoms with Crippen LogP contribution in [0.5, 0.6) is 11.5 Å². The van der Waals surface area contributed by atoms with E-state index in [0.717, 1.165) is 37.9 Å². The van der Waals surface area contributed by atoms with Crippen molar-refractivity contribution < 1.29 is 14.3 Å². The van der Waals surface area contributed by atoms with E-state index in [-0.39, 0.29) is 11.8 Å². The van der Waals surface area contributed by atoms with Gasteiger partial charge < -0.3 is 14.4 Å². The molecule has 0 radical (unpaired) electrons. The maximum absolute atomic E-state index is 13.5. The maximum Gasteiger partial charge on any atom is 0.229 e. The Bertz CT molecular complexity index is 1030. The van der Waals surface area contributed by atoms with Gasteiger partial charge in [-0.15, -0.1) is 0 Å². The lowest BCUT2D eigenvalue weighted by atomic mass is 9.80. The van der Waals surface area contributed by atoms with Gasteiger partial charge in [0.2, 0.25) is 5.91 Å². The largest absolute Gasteiger partial charge is 0.493 e. The SMILES string of the molecule is COc1ccc(C(C)C(=O)N2CCCC(CC(c3ccccc3)c3ccccc3)C2)cc1OC. The van der Waals surface area contributed by atoms with Gasteiger partial charge in [-0.3, -0.25) is 4.79 Å². The second-order valence-electron chi connectivity index (χ2n) is 9.24. The molecule has 1 saturated heterocycles. The highest BCUT2D eigenvalue weighted by Crippen LogP contribution is 2.36. The first-order chi connectivity index (χ1) is 16.6. The molecule has 0 saturated carbocycles. The fraction of sp³-hybridized carbons (Fsp3) is 0.367. The van der Waals surface area contributed by atoms with Crippen LogP contribution in [-0.2, 0) is 4.79 Å². The van der Waals surface area contributed by atoms with E-state index in [1.165, 1.54) is 11.1 Å². The predicted octanol–water partition coefficient (Wildman–Crippen LogP) is 6.27. The van der Waals surface area contributed by atoms with Crippen molar-refractivity contribution in [3.05, 3.63) is 95.6 Å². The summed E-state index contributed by atoms with van der Waals surface area (Å²) in [4.78, 5) is 15.5. The van der Waals surface area contributed by atoms with Gasteiger partial charge in [0.05, 0.1) is 20.1 Å². The fourth-order valence-corrected chi connectivity index (χ4v) is 5.16. The Labute approximate surface area is 203 Å². The molecular weight excluding hydrogens is 422 g/mol. The van der Waals surface area contributed by atoms with Crippen LogP contribution in [0.15, 0.2) is 78.9 Å². The Morgan fingerprint density at radius 3 is 2.09 bits per heavy atom. The minimum absolute atomic E-state index is 0.188. The molecule has 1 heterocycles. The lowest BCUT2D eigenvalue weighted by Crippen LogP contribution is -2.42. The van der Waals surface area contributed by atoms with E-state index in [2.05, 4.69) is 65.6 Å². The molecule has 0 spiro atoms. The van der Waals surface area contributed by atoms with Crippen LogP contribution in [0.3, 0.4) is 0 Å². The Hall–Kier alpha value is -3.27. The standard InChI is InChI=1S/C30H35NO3/c1-22(26-16-17-28(33-2)29(20-26)34-3)30(32)31-18-10-11-23(21-31)19-27(24-12-6-4-7-13-24)25-14-8-5-9-15-25/h4-9,12-17,20,22-23,27H,10-11,18-19,21H2,1-3H3. The summed E-state index contributed by atoms with van der Waals surface area (Å²) in [6.45, 7) is 3.63. The number of hydrogen-bond acceptors (Lipinski definition) is 3. The molecule has 1 aliphatic rings. The van der Waals surface area contributed by atoms with Crippen LogP contribution in [0.2, 0.25) is 0 Å². The molecule has 4 heteroatoms. The smallest absolute Gasteiger partial charge is 0.229 e. The minimum Gasteiger partial charge on any atom is -0.493 e. The van der Waals surface area contributed by atoms with Gasteiger partial charge in [-0.05, 0) is 60.9 Å². The lowest BCUT2D eigenvalue weighted by Gasteiger charge is -2.36. The molecule has 3 aromatic carbocycles. The molecule has 2 atom stereocenters. The molecule has 1 fully saturated rings. The van der Waals surface area contributed by atoms with E-state index in [1.54, 1.807) is 14.2 Å². The van der Waals surface area contributed by atoms with Crippen molar-refractivity contribution in [3.63, 3.8) is 0 Å². The van der Waals surface area contributed by atoms with Crippen molar-refractivity contribution in [3.8, 4) is 11.5 Å². The van der Waals surface area contributed by atoms with Crippen molar-refractivity contribution in [2.45, 2.75) is 38.0 Å². The maximum atomic E-state index is 13.5. The Morgan fingerprint density at radius 1 is 0.882 bits per heavy atom. The van der Waals surface area contributed by atoms with Crippen molar-refractivity contribution >= 4 is 5.91 Å². The summed E-state index contributed by atoms with van der Waals surface area (Å²) < 4.78 is 10.8. The van der Waals surface area contributed by atoms with Gasteiger partial charge in [0.1, 0.15) is 0 Å². The van der Waals surface area contributed by atoms with E-state index in [1.807, 2.05) is 25.1 Å². The molecule has 0 aliphatic carbocycles. The molecule has 3 aromatic rings. The number of amides is 1. The Kier molecular flexibility index (Phi) is 7.89. The molecule has 2 unspecified atom stereocenters. The highest BCUT2D eigenvalue weighted by atomic mass is 16.5. The molecule has 1 aliphatic heterocycles. The first-order valence-corrected chi connectivity index (χ1v) is 12.2. The number of methoxy groups -OCH3 is 2. The molecule has 178 valence electrons. The number of benzene rings is 3. The van der Waals surface area contributed by atoms with Crippen LogP contribution in [-0.4, -0.2) is 38.1 Å². The number of likely N-dealkylation sites (tertiary alicyclic amines) is 1. The highest BCUT2D eigenvalue weighted by molar-refractivity contribution is 5.83. The third kappa shape index (κ3) is 5.44. The summed E-state index contributed by atoms with van der Waals surface area (Å²) in [6.07, 6.45) is 3.25. The van der Waals surface area contributed by atoms with Gasteiger partial charge in [-0.25, -0.2) is 0 Å². The molecule has 34 heavy (non-hydrogen) atoms. The number of nitrogens with zero attached hydrogens (tertiary/aromatic N) is 1. The van der Waals surface area contributed by atoms with Gasteiger partial charge in [-0.1, -0.05) is 66.7 Å². The second kappa shape index (κ2) is 11.2. The van der Waals surface area contributed by atoms with E-state index >= 15 is 0 Å². The van der Waals surface area contributed by atoms with E-state index in [4.69, 9.17) is 9.47 Å². The average molecular weight is 458 g/mol. The molecule has 0 N–H and O–H groups in total. The third-order valence-electron chi connectivity index (χ3n) is 7.08. The molecule has 0 aromatic heterocycles. The summed E-state index contributed by atoms with van der Waals surface area (Å²) in [5.41, 5.74) is 3.64. The normalized spacial score (nSPS) is 16.8. The Morgan fingerprint density at radius 2 is 1.50 bits per heavy atom. The molecular formula is C30H35NO3. The third-order valence-corrected chi connectivity index (χ3v) is 7.08. The molecule has 4 nitrogen and oxygen atoms in total. The van der Waals surface area contributed by atoms with Crippen molar-refractivity contribution in [1.29, 1.82) is 0 Å². The minimum atomic E-state index is -0.224. The van der Waals surface area contributed by atoms with E-state index in [0.29, 0.717) is 23.3 Å². The van der Waals surface area contributed by atoms with Gasteiger partial charge >= 0.3 is 0 Å². The number of carbonyl (C=O) groups excluding carboxylic acids is 1. The first-order valence-electron chi connectivity index (χ1n) is 12.2. The summed E-state index contributed by atoms with van der Waals surface area (Å²) >= 11 is 0. The quantitative estimate of drug-likeness (QED) is 0.400. The molecule has 4 rings (SSSR count). The van der Waals surface area contributed by atoms with Crippen LogP contribution in [0.1, 0.15) is 54.7 Å². The Balaban J connectivity index is 1.48. The number of piperidine rings is 1. The average Bonchev–Trinajstić information content (AvgIpc) is 2.91. The van der Waals surface area contributed by atoms with Crippen LogP contribution in [0, 0.1) is 5.92 Å². The van der Waals surface area contributed by atoms with Crippen molar-refractivity contribution in [1.82, 2.24) is 4.90 Å². The summed E-state index contributed by atoms with van der Waals surface area (Å²) in [7, 11) is 3.25. The van der Waals surface area contributed by atoms with Gasteiger partial charge in [-0.2, -0.15) is 0 Å². The number of rotatable bonds is 8.